The topological polar surface area (TPSA) is 75.9 Å². The molecule has 0 aliphatic carbocycles. The fraction of sp³-hybridized carbons (Fsp3) is 0.278. The fourth-order valence-electron chi connectivity index (χ4n) is 2.22. The summed E-state index contributed by atoms with van der Waals surface area (Å²) in [5.41, 5.74) is 2.33. The Kier molecular flexibility index (Phi) is 4.46. The smallest absolute Gasteiger partial charge is 0.249 e. The Labute approximate surface area is 141 Å². The van der Waals surface area contributed by atoms with Gasteiger partial charge in [-0.25, -0.2) is 0 Å². The summed E-state index contributed by atoms with van der Waals surface area (Å²) in [5.74, 6) is 1.92. The second-order valence-electron chi connectivity index (χ2n) is 6.55. The van der Waals surface area contributed by atoms with Gasteiger partial charge in [-0.1, -0.05) is 32.9 Å². The summed E-state index contributed by atoms with van der Waals surface area (Å²) < 4.78 is 5.28. The van der Waals surface area contributed by atoms with E-state index in [2.05, 4.69) is 58.7 Å². The fourth-order valence-corrected chi connectivity index (χ4v) is 2.22. The highest BCUT2D eigenvalue weighted by Gasteiger charge is 2.13. The number of furan rings is 1. The van der Waals surface area contributed by atoms with Crippen LogP contribution in [0.2, 0.25) is 0 Å². The van der Waals surface area contributed by atoms with Crippen molar-refractivity contribution in [2.24, 2.45) is 0 Å². The van der Waals surface area contributed by atoms with Gasteiger partial charge in [-0.15, -0.1) is 5.10 Å². The molecule has 0 spiro atoms. The van der Waals surface area contributed by atoms with E-state index in [9.17, 15) is 0 Å². The minimum absolute atomic E-state index is 0.131. The monoisotopic (exact) mass is 323 g/mol. The Morgan fingerprint density at radius 1 is 1.08 bits per heavy atom. The van der Waals surface area contributed by atoms with Gasteiger partial charge >= 0.3 is 0 Å². The minimum Gasteiger partial charge on any atom is -0.467 e. The molecule has 0 unspecified atom stereocenters. The van der Waals surface area contributed by atoms with Gasteiger partial charge in [0.1, 0.15) is 5.76 Å². The zero-order valence-electron chi connectivity index (χ0n) is 14.1. The van der Waals surface area contributed by atoms with Crippen molar-refractivity contribution < 1.29 is 4.42 Å². The summed E-state index contributed by atoms with van der Waals surface area (Å²) in [5, 5.41) is 14.3. The first-order valence-electron chi connectivity index (χ1n) is 7.84. The predicted molar refractivity (Wildman–Crippen MR) is 94.3 cm³/mol. The van der Waals surface area contributed by atoms with Crippen molar-refractivity contribution in [1.82, 2.24) is 15.2 Å². The van der Waals surface area contributed by atoms with Crippen LogP contribution < -0.4 is 10.6 Å². The molecule has 0 bridgehead atoms. The molecular weight excluding hydrogens is 302 g/mol. The van der Waals surface area contributed by atoms with E-state index in [1.54, 1.807) is 12.5 Å². The molecule has 0 amide bonds. The molecule has 0 aliphatic heterocycles. The first-order chi connectivity index (χ1) is 11.5. The number of rotatable bonds is 5. The van der Waals surface area contributed by atoms with Crippen molar-refractivity contribution in [2.75, 3.05) is 10.6 Å². The summed E-state index contributed by atoms with van der Waals surface area (Å²) >= 11 is 0. The lowest BCUT2D eigenvalue weighted by atomic mass is 9.87. The number of aromatic nitrogens is 3. The molecular formula is C18H21N5O. The molecule has 2 heterocycles. The van der Waals surface area contributed by atoms with Gasteiger partial charge in [0.2, 0.25) is 5.95 Å². The van der Waals surface area contributed by atoms with Crippen molar-refractivity contribution in [3.05, 3.63) is 60.2 Å². The minimum atomic E-state index is 0.131. The maximum atomic E-state index is 5.28. The van der Waals surface area contributed by atoms with E-state index in [1.807, 2.05) is 24.3 Å². The Bertz CT molecular complexity index is 776. The molecule has 2 aromatic heterocycles. The average molecular weight is 323 g/mol. The highest BCUT2D eigenvalue weighted by atomic mass is 16.3. The number of anilines is 3. The van der Waals surface area contributed by atoms with Gasteiger partial charge in [0.25, 0.3) is 0 Å². The van der Waals surface area contributed by atoms with Gasteiger partial charge < -0.3 is 15.1 Å². The molecule has 3 rings (SSSR count). The van der Waals surface area contributed by atoms with Crippen LogP contribution in [0.5, 0.6) is 0 Å². The third kappa shape index (κ3) is 4.10. The summed E-state index contributed by atoms with van der Waals surface area (Å²) in [7, 11) is 0. The molecule has 6 heteroatoms. The molecule has 0 aliphatic rings. The highest BCUT2D eigenvalue weighted by Crippen LogP contribution is 2.24. The van der Waals surface area contributed by atoms with Crippen molar-refractivity contribution in [3.63, 3.8) is 0 Å². The van der Waals surface area contributed by atoms with E-state index >= 15 is 0 Å². The van der Waals surface area contributed by atoms with E-state index in [-0.39, 0.29) is 5.41 Å². The SMILES string of the molecule is CC(C)(C)c1ccc(Nc2nncc(NCc3ccco3)n2)cc1. The van der Waals surface area contributed by atoms with Crippen LogP contribution in [0.25, 0.3) is 0 Å². The first kappa shape index (κ1) is 16.0. The summed E-state index contributed by atoms with van der Waals surface area (Å²) in [4.78, 5) is 4.40. The highest BCUT2D eigenvalue weighted by molar-refractivity contribution is 5.55. The number of hydrogen-bond acceptors (Lipinski definition) is 6. The summed E-state index contributed by atoms with van der Waals surface area (Å²) in [6.45, 7) is 7.12. The Balaban J connectivity index is 1.65. The quantitative estimate of drug-likeness (QED) is 0.735. The largest absolute Gasteiger partial charge is 0.467 e. The predicted octanol–water partition coefficient (Wildman–Crippen LogP) is 4.12. The number of nitrogens with one attached hydrogen (secondary N) is 2. The molecule has 6 nitrogen and oxygen atoms in total. The number of hydrogen-bond donors (Lipinski definition) is 2. The Hall–Kier alpha value is -2.89. The van der Waals surface area contributed by atoms with E-state index in [0.717, 1.165) is 11.4 Å². The second-order valence-corrected chi connectivity index (χ2v) is 6.55. The van der Waals surface area contributed by atoms with Crippen LogP contribution in [-0.2, 0) is 12.0 Å². The number of nitrogens with zero attached hydrogens (tertiary/aromatic N) is 3. The maximum absolute atomic E-state index is 5.28. The molecule has 124 valence electrons. The summed E-state index contributed by atoms with van der Waals surface area (Å²) in [6, 6.07) is 12.0. The number of benzene rings is 1. The molecule has 0 fully saturated rings. The van der Waals surface area contributed by atoms with Gasteiger partial charge in [-0.3, -0.25) is 0 Å². The molecule has 2 N–H and O–H groups in total. The third-order valence-corrected chi connectivity index (χ3v) is 3.59. The van der Waals surface area contributed by atoms with Crippen LogP contribution in [0.1, 0.15) is 32.1 Å². The Morgan fingerprint density at radius 3 is 2.54 bits per heavy atom. The molecule has 0 saturated heterocycles. The molecule has 0 atom stereocenters. The lowest BCUT2D eigenvalue weighted by Gasteiger charge is -2.19. The van der Waals surface area contributed by atoms with Crippen molar-refractivity contribution >= 4 is 17.5 Å². The van der Waals surface area contributed by atoms with E-state index < -0.39 is 0 Å². The second kappa shape index (κ2) is 6.70. The summed E-state index contributed by atoms with van der Waals surface area (Å²) in [6.07, 6.45) is 3.22. The van der Waals surface area contributed by atoms with Crippen LogP contribution in [0.3, 0.4) is 0 Å². The van der Waals surface area contributed by atoms with E-state index in [4.69, 9.17) is 4.42 Å². The van der Waals surface area contributed by atoms with Crippen LogP contribution in [-0.4, -0.2) is 15.2 Å². The van der Waals surface area contributed by atoms with Crippen LogP contribution >= 0.6 is 0 Å². The van der Waals surface area contributed by atoms with Crippen LogP contribution in [0.4, 0.5) is 17.5 Å². The van der Waals surface area contributed by atoms with Crippen molar-refractivity contribution in [3.8, 4) is 0 Å². The molecule has 3 aromatic rings. The zero-order chi connectivity index (χ0) is 17.0. The molecule has 1 aromatic carbocycles. The standard InChI is InChI=1S/C18H21N5O/c1-18(2,3)13-6-8-14(9-7-13)21-17-22-16(12-20-23-17)19-11-15-5-4-10-24-15/h4-10,12H,11H2,1-3H3,(H2,19,21,22,23). The van der Waals surface area contributed by atoms with Crippen molar-refractivity contribution in [1.29, 1.82) is 0 Å². The van der Waals surface area contributed by atoms with Gasteiger partial charge in [-0.05, 0) is 35.2 Å². The van der Waals surface area contributed by atoms with E-state index in [1.165, 1.54) is 5.56 Å². The van der Waals surface area contributed by atoms with Gasteiger partial charge in [0.15, 0.2) is 5.82 Å². The lowest BCUT2D eigenvalue weighted by Crippen LogP contribution is -2.10. The average Bonchev–Trinajstić information content (AvgIpc) is 3.06. The zero-order valence-corrected chi connectivity index (χ0v) is 14.1. The van der Waals surface area contributed by atoms with E-state index in [0.29, 0.717) is 18.3 Å². The Morgan fingerprint density at radius 2 is 1.88 bits per heavy atom. The van der Waals surface area contributed by atoms with Gasteiger partial charge in [0, 0.05) is 5.69 Å². The molecule has 24 heavy (non-hydrogen) atoms. The van der Waals surface area contributed by atoms with Gasteiger partial charge in [0.05, 0.1) is 19.0 Å². The van der Waals surface area contributed by atoms with Crippen LogP contribution in [0, 0.1) is 0 Å². The molecule has 0 saturated carbocycles. The van der Waals surface area contributed by atoms with Crippen LogP contribution in [0.15, 0.2) is 53.3 Å². The normalized spacial score (nSPS) is 11.3. The third-order valence-electron chi connectivity index (χ3n) is 3.59. The van der Waals surface area contributed by atoms with Crippen molar-refractivity contribution in [2.45, 2.75) is 32.7 Å². The lowest BCUT2D eigenvalue weighted by molar-refractivity contribution is 0.517. The van der Waals surface area contributed by atoms with Gasteiger partial charge in [-0.2, -0.15) is 10.1 Å². The molecule has 0 radical (unpaired) electrons. The maximum Gasteiger partial charge on any atom is 0.249 e. The first-order valence-corrected chi connectivity index (χ1v) is 7.84.